The van der Waals surface area contributed by atoms with Crippen molar-refractivity contribution in [1.29, 1.82) is 0 Å². The van der Waals surface area contributed by atoms with Gasteiger partial charge in [-0.1, -0.05) is 53.2 Å². The average Bonchev–Trinajstić information content (AvgIpc) is 2.46. The number of hydrogen-bond donors (Lipinski definition) is 1. The van der Waals surface area contributed by atoms with Gasteiger partial charge in [0.25, 0.3) is 0 Å². The molecule has 2 rings (SSSR count). The molecule has 0 saturated carbocycles. The van der Waals surface area contributed by atoms with Crippen molar-refractivity contribution >= 4 is 15.9 Å². The predicted molar refractivity (Wildman–Crippen MR) is 85.3 cm³/mol. The zero-order valence-corrected chi connectivity index (χ0v) is 13.2. The maximum Gasteiger partial charge on any atom is 0.123 e. The summed E-state index contributed by atoms with van der Waals surface area (Å²) in [4.78, 5) is 0. The zero-order valence-electron chi connectivity index (χ0n) is 11.6. The van der Waals surface area contributed by atoms with Crippen molar-refractivity contribution in [3.63, 3.8) is 0 Å². The molecule has 2 aromatic rings. The fraction of sp³-hybridized carbons (Fsp3) is 0.294. The van der Waals surface area contributed by atoms with Crippen LogP contribution in [0.2, 0.25) is 0 Å². The minimum absolute atomic E-state index is 0.191. The topological polar surface area (TPSA) is 12.0 Å². The van der Waals surface area contributed by atoms with E-state index >= 15 is 0 Å². The third-order valence-corrected chi connectivity index (χ3v) is 4.07. The van der Waals surface area contributed by atoms with E-state index in [0.717, 1.165) is 29.4 Å². The second-order valence-electron chi connectivity index (χ2n) is 4.85. The number of halogens is 2. The molecule has 1 unspecified atom stereocenters. The van der Waals surface area contributed by atoms with E-state index in [4.69, 9.17) is 0 Å². The van der Waals surface area contributed by atoms with E-state index in [0.29, 0.717) is 0 Å². The third-order valence-electron chi connectivity index (χ3n) is 3.29. The molecule has 1 N–H and O–H groups in total. The van der Waals surface area contributed by atoms with Gasteiger partial charge in [0, 0.05) is 10.5 Å². The van der Waals surface area contributed by atoms with Crippen molar-refractivity contribution in [3.8, 4) is 0 Å². The van der Waals surface area contributed by atoms with Crippen molar-refractivity contribution in [3.05, 3.63) is 69.9 Å². The summed E-state index contributed by atoms with van der Waals surface area (Å²) in [7, 11) is 0. The number of nitrogens with one attached hydrogen (secondary N) is 1. The molecule has 106 valence electrons. The molecular formula is C17H19BrFN. The van der Waals surface area contributed by atoms with Crippen molar-refractivity contribution in [2.75, 3.05) is 6.54 Å². The van der Waals surface area contributed by atoms with E-state index in [1.165, 1.54) is 17.7 Å². The van der Waals surface area contributed by atoms with Crippen LogP contribution in [0.3, 0.4) is 0 Å². The lowest BCUT2D eigenvalue weighted by Crippen LogP contribution is -2.24. The lowest BCUT2D eigenvalue weighted by Gasteiger charge is -2.20. The van der Waals surface area contributed by atoms with Gasteiger partial charge in [0.15, 0.2) is 0 Å². The van der Waals surface area contributed by atoms with Crippen molar-refractivity contribution in [1.82, 2.24) is 5.32 Å². The second-order valence-corrected chi connectivity index (χ2v) is 5.71. The van der Waals surface area contributed by atoms with Gasteiger partial charge in [-0.2, -0.15) is 0 Å². The molecule has 0 aliphatic carbocycles. The molecule has 20 heavy (non-hydrogen) atoms. The summed E-state index contributed by atoms with van der Waals surface area (Å²) >= 11 is 3.59. The van der Waals surface area contributed by atoms with Crippen molar-refractivity contribution < 1.29 is 4.39 Å². The van der Waals surface area contributed by atoms with Crippen LogP contribution in [0, 0.1) is 5.82 Å². The summed E-state index contributed by atoms with van der Waals surface area (Å²) in [6.45, 7) is 3.10. The highest BCUT2D eigenvalue weighted by Gasteiger charge is 2.13. The molecule has 0 aliphatic heterocycles. The quantitative estimate of drug-likeness (QED) is 0.793. The van der Waals surface area contributed by atoms with Crippen LogP contribution in [-0.2, 0) is 6.42 Å². The molecule has 0 saturated heterocycles. The molecule has 0 aromatic heterocycles. The fourth-order valence-corrected chi connectivity index (χ4v) is 2.65. The molecule has 3 heteroatoms. The van der Waals surface area contributed by atoms with Gasteiger partial charge >= 0.3 is 0 Å². The van der Waals surface area contributed by atoms with E-state index in [1.54, 1.807) is 0 Å². The van der Waals surface area contributed by atoms with Crippen LogP contribution < -0.4 is 5.32 Å². The van der Waals surface area contributed by atoms with E-state index in [-0.39, 0.29) is 11.9 Å². The standard InChI is InChI=1S/C17H19BrFN/c1-2-11-20-17(13-7-9-15(19)10-8-13)12-14-5-3-4-6-16(14)18/h3-10,17,20H,2,11-12H2,1H3. The molecule has 2 aromatic carbocycles. The Kier molecular flexibility index (Phi) is 5.74. The monoisotopic (exact) mass is 335 g/mol. The molecule has 1 atom stereocenters. The van der Waals surface area contributed by atoms with E-state index in [2.05, 4.69) is 40.3 Å². The van der Waals surface area contributed by atoms with Crippen LogP contribution in [0.25, 0.3) is 0 Å². The van der Waals surface area contributed by atoms with Crippen molar-refractivity contribution in [2.24, 2.45) is 0 Å². The molecule has 0 spiro atoms. The maximum atomic E-state index is 13.1. The lowest BCUT2D eigenvalue weighted by molar-refractivity contribution is 0.527. The molecule has 0 radical (unpaired) electrons. The van der Waals surface area contributed by atoms with Gasteiger partial charge in [-0.15, -0.1) is 0 Å². The van der Waals surface area contributed by atoms with Gasteiger partial charge in [-0.25, -0.2) is 4.39 Å². The third kappa shape index (κ3) is 4.15. The average molecular weight is 336 g/mol. The molecule has 0 amide bonds. The Bertz CT molecular complexity index is 539. The van der Waals surface area contributed by atoms with Crippen LogP contribution in [0.15, 0.2) is 53.0 Å². The number of hydrogen-bond acceptors (Lipinski definition) is 1. The molecular weight excluding hydrogens is 317 g/mol. The highest BCUT2D eigenvalue weighted by molar-refractivity contribution is 9.10. The lowest BCUT2D eigenvalue weighted by atomic mass is 9.98. The zero-order chi connectivity index (χ0) is 14.4. The molecule has 0 heterocycles. The van der Waals surface area contributed by atoms with Crippen LogP contribution in [-0.4, -0.2) is 6.54 Å². The van der Waals surface area contributed by atoms with E-state index in [1.807, 2.05) is 24.3 Å². The van der Waals surface area contributed by atoms with Crippen LogP contribution in [0.4, 0.5) is 4.39 Å². The first-order valence-corrected chi connectivity index (χ1v) is 7.72. The molecule has 1 nitrogen and oxygen atoms in total. The Balaban J connectivity index is 2.19. The summed E-state index contributed by atoms with van der Waals surface area (Å²) in [6, 6.07) is 15.2. The second kappa shape index (κ2) is 7.55. The Labute approximate surface area is 128 Å². The van der Waals surface area contributed by atoms with Gasteiger partial charge in [-0.3, -0.25) is 0 Å². The van der Waals surface area contributed by atoms with E-state index < -0.39 is 0 Å². The minimum atomic E-state index is -0.191. The molecule has 0 bridgehead atoms. The van der Waals surface area contributed by atoms with Crippen molar-refractivity contribution in [2.45, 2.75) is 25.8 Å². The van der Waals surface area contributed by atoms with Gasteiger partial charge in [-0.05, 0) is 48.7 Å². The fourth-order valence-electron chi connectivity index (χ4n) is 2.21. The number of rotatable bonds is 6. The smallest absolute Gasteiger partial charge is 0.123 e. The first-order valence-electron chi connectivity index (χ1n) is 6.93. The summed E-state index contributed by atoms with van der Waals surface area (Å²) in [5.41, 5.74) is 2.38. The first kappa shape index (κ1) is 15.2. The van der Waals surface area contributed by atoms with Crippen LogP contribution in [0.5, 0.6) is 0 Å². The SMILES string of the molecule is CCCNC(Cc1ccccc1Br)c1ccc(F)cc1. The predicted octanol–water partition coefficient (Wildman–Crippen LogP) is 4.87. The highest BCUT2D eigenvalue weighted by Crippen LogP contribution is 2.24. The van der Waals surface area contributed by atoms with Gasteiger partial charge in [0.05, 0.1) is 0 Å². The summed E-state index contributed by atoms with van der Waals surface area (Å²) in [5.74, 6) is -0.191. The normalized spacial score (nSPS) is 12.3. The van der Waals surface area contributed by atoms with Gasteiger partial charge in [0.2, 0.25) is 0 Å². The first-order chi connectivity index (χ1) is 9.70. The van der Waals surface area contributed by atoms with Gasteiger partial charge in [0.1, 0.15) is 5.82 Å². The van der Waals surface area contributed by atoms with Crippen LogP contribution in [0.1, 0.15) is 30.5 Å². The van der Waals surface area contributed by atoms with E-state index in [9.17, 15) is 4.39 Å². The number of benzene rings is 2. The largest absolute Gasteiger partial charge is 0.310 e. The Hall–Kier alpha value is -1.19. The Morgan fingerprint density at radius 2 is 1.80 bits per heavy atom. The maximum absolute atomic E-state index is 13.1. The highest BCUT2D eigenvalue weighted by atomic mass is 79.9. The Morgan fingerprint density at radius 3 is 2.45 bits per heavy atom. The molecule has 0 fully saturated rings. The van der Waals surface area contributed by atoms with Gasteiger partial charge < -0.3 is 5.32 Å². The Morgan fingerprint density at radius 1 is 1.10 bits per heavy atom. The summed E-state index contributed by atoms with van der Waals surface area (Å²) in [5, 5.41) is 3.54. The van der Waals surface area contributed by atoms with Crippen LogP contribution >= 0.6 is 15.9 Å². The summed E-state index contributed by atoms with van der Waals surface area (Å²) < 4.78 is 14.2. The molecule has 0 aliphatic rings. The minimum Gasteiger partial charge on any atom is -0.310 e. The summed E-state index contributed by atoms with van der Waals surface area (Å²) in [6.07, 6.45) is 1.96.